The van der Waals surface area contributed by atoms with E-state index in [1.165, 1.54) is 0 Å². The summed E-state index contributed by atoms with van der Waals surface area (Å²) >= 11 is 0. The summed E-state index contributed by atoms with van der Waals surface area (Å²) in [5.74, 6) is 0. The minimum absolute atomic E-state index is 0.930. The van der Waals surface area contributed by atoms with Crippen LogP contribution in [0.25, 0.3) is 16.7 Å². The van der Waals surface area contributed by atoms with Crippen LogP contribution >= 0.6 is 0 Å². The highest BCUT2D eigenvalue weighted by Gasteiger charge is 2.00. The lowest BCUT2D eigenvalue weighted by atomic mass is 10.3. The van der Waals surface area contributed by atoms with E-state index in [9.17, 15) is 0 Å². The van der Waals surface area contributed by atoms with Gasteiger partial charge in [-0.25, -0.2) is 14.3 Å². The fraction of sp³-hybridized carbons (Fsp3) is 0. The van der Waals surface area contributed by atoms with Crippen LogP contribution in [0.2, 0.25) is 0 Å². The molecule has 5 heteroatoms. The van der Waals surface area contributed by atoms with Crippen molar-refractivity contribution in [2.75, 3.05) is 0 Å². The lowest BCUT2D eigenvalue weighted by molar-refractivity contribution is 0.880. The average molecular weight is 287 g/mol. The molecule has 0 fully saturated rings. The second kappa shape index (κ2) is 5.29. The van der Waals surface area contributed by atoms with Crippen LogP contribution < -0.4 is 0 Å². The van der Waals surface area contributed by atoms with E-state index in [1.807, 2.05) is 65.5 Å². The number of para-hydroxylation sites is 3. The number of rotatable bonds is 3. The molecule has 4 aromatic rings. The quantitative estimate of drug-likeness (QED) is 0.544. The Morgan fingerprint density at radius 3 is 2.68 bits per heavy atom. The number of hydrogen-bond donors (Lipinski definition) is 0. The van der Waals surface area contributed by atoms with E-state index < -0.39 is 0 Å². The molecule has 2 aromatic heterocycles. The summed E-state index contributed by atoms with van der Waals surface area (Å²) in [6.45, 7) is 0. The Labute approximate surface area is 127 Å². The van der Waals surface area contributed by atoms with Gasteiger partial charge in [0.25, 0.3) is 0 Å². The molecular weight excluding hydrogens is 274 g/mol. The Morgan fingerprint density at radius 2 is 1.77 bits per heavy atom. The van der Waals surface area contributed by atoms with Crippen molar-refractivity contribution in [3.8, 4) is 5.69 Å². The van der Waals surface area contributed by atoms with Gasteiger partial charge in [0.05, 0.1) is 29.1 Å². The third-order valence-electron chi connectivity index (χ3n) is 3.39. The minimum atomic E-state index is 0.930. The van der Waals surface area contributed by atoms with E-state index in [0.717, 1.165) is 22.3 Å². The van der Waals surface area contributed by atoms with Gasteiger partial charge in [0.15, 0.2) is 0 Å². The molecule has 0 amide bonds. The van der Waals surface area contributed by atoms with E-state index in [1.54, 1.807) is 23.4 Å². The molecule has 0 aliphatic rings. The summed E-state index contributed by atoms with van der Waals surface area (Å²) in [4.78, 5) is 4.31. The van der Waals surface area contributed by atoms with Gasteiger partial charge in [-0.1, -0.05) is 30.3 Å². The molecule has 0 atom stereocenters. The molecule has 0 unspecified atom stereocenters. The van der Waals surface area contributed by atoms with E-state index in [4.69, 9.17) is 0 Å². The van der Waals surface area contributed by atoms with Crippen molar-refractivity contribution in [3.05, 3.63) is 78.9 Å². The van der Waals surface area contributed by atoms with Crippen LogP contribution in [-0.2, 0) is 0 Å². The average Bonchev–Trinajstić information content (AvgIpc) is 3.21. The topological polar surface area (TPSA) is 48.0 Å². The summed E-state index contributed by atoms with van der Waals surface area (Å²) in [5.41, 5.74) is 3.87. The van der Waals surface area contributed by atoms with E-state index in [0.29, 0.717) is 0 Å². The van der Waals surface area contributed by atoms with Gasteiger partial charge in [0.2, 0.25) is 0 Å². The molecule has 0 saturated heterocycles. The van der Waals surface area contributed by atoms with Gasteiger partial charge in [-0.05, 0) is 24.3 Å². The van der Waals surface area contributed by atoms with Gasteiger partial charge < -0.3 is 0 Å². The summed E-state index contributed by atoms with van der Waals surface area (Å²) in [5, 5.41) is 8.80. The third kappa shape index (κ3) is 2.29. The van der Waals surface area contributed by atoms with Gasteiger partial charge >= 0.3 is 0 Å². The molecule has 0 N–H and O–H groups in total. The van der Waals surface area contributed by atoms with Gasteiger partial charge in [-0.3, -0.25) is 0 Å². The van der Waals surface area contributed by atoms with Crippen LogP contribution in [0.1, 0.15) is 5.56 Å². The fourth-order valence-electron chi connectivity index (χ4n) is 2.29. The lowest BCUT2D eigenvalue weighted by Crippen LogP contribution is -1.92. The van der Waals surface area contributed by atoms with Crippen LogP contribution in [0.15, 0.2) is 78.4 Å². The largest absolute Gasteiger partial charge is 0.240 e. The minimum Gasteiger partial charge on any atom is -0.240 e. The molecule has 0 bridgehead atoms. The van der Waals surface area contributed by atoms with Crippen LogP contribution in [0.3, 0.4) is 0 Å². The first kappa shape index (κ1) is 12.5. The van der Waals surface area contributed by atoms with Crippen molar-refractivity contribution in [2.45, 2.75) is 0 Å². The van der Waals surface area contributed by atoms with Gasteiger partial charge in [0, 0.05) is 11.8 Å². The maximum absolute atomic E-state index is 4.45. The summed E-state index contributed by atoms with van der Waals surface area (Å²) in [6, 6.07) is 17.9. The molecule has 2 heterocycles. The van der Waals surface area contributed by atoms with Gasteiger partial charge in [-0.2, -0.15) is 10.2 Å². The second-order valence-electron chi connectivity index (χ2n) is 4.88. The Morgan fingerprint density at radius 1 is 0.955 bits per heavy atom. The van der Waals surface area contributed by atoms with Crippen molar-refractivity contribution >= 4 is 17.2 Å². The lowest BCUT2D eigenvalue weighted by Gasteiger charge is -1.98. The van der Waals surface area contributed by atoms with Crippen molar-refractivity contribution in [2.24, 2.45) is 5.10 Å². The maximum atomic E-state index is 4.45. The molecule has 5 nitrogen and oxygen atoms in total. The third-order valence-corrected chi connectivity index (χ3v) is 3.39. The van der Waals surface area contributed by atoms with Crippen LogP contribution in [0.5, 0.6) is 0 Å². The Hall–Kier alpha value is -3.21. The molecular formula is C17H13N5. The smallest absolute Gasteiger partial charge is 0.118 e. The first-order valence-corrected chi connectivity index (χ1v) is 6.97. The number of aromatic nitrogens is 4. The first-order valence-electron chi connectivity index (χ1n) is 6.97. The van der Waals surface area contributed by atoms with Crippen molar-refractivity contribution in [1.82, 2.24) is 19.4 Å². The summed E-state index contributed by atoms with van der Waals surface area (Å²) < 4.78 is 3.59. The SMILES string of the molecule is C(=N/n1cnc2ccccc21)/c1cnn(-c2ccccc2)c1. The molecule has 0 aliphatic carbocycles. The Bertz CT molecular complexity index is 934. The number of benzene rings is 2. The molecule has 0 saturated carbocycles. The Kier molecular flexibility index (Phi) is 3.01. The van der Waals surface area contributed by atoms with Crippen LogP contribution in [0.4, 0.5) is 0 Å². The Balaban J connectivity index is 1.63. The van der Waals surface area contributed by atoms with E-state index >= 15 is 0 Å². The normalized spacial score (nSPS) is 11.5. The standard InChI is InChI=1S/C17H13N5/c1-2-6-15(7-3-1)21-12-14(10-19-21)11-20-22-13-18-16-8-4-5-9-17(16)22/h1-13H/b20-11-. The highest BCUT2D eigenvalue weighted by molar-refractivity contribution is 5.80. The maximum Gasteiger partial charge on any atom is 0.118 e. The number of imidazole rings is 1. The molecule has 2 aromatic carbocycles. The van der Waals surface area contributed by atoms with Gasteiger partial charge in [-0.15, -0.1) is 0 Å². The van der Waals surface area contributed by atoms with E-state index in [2.05, 4.69) is 15.2 Å². The molecule has 0 radical (unpaired) electrons. The van der Waals surface area contributed by atoms with Gasteiger partial charge in [0.1, 0.15) is 6.33 Å². The highest BCUT2D eigenvalue weighted by atomic mass is 15.4. The molecule has 0 aliphatic heterocycles. The molecule has 4 rings (SSSR count). The summed E-state index contributed by atoms with van der Waals surface area (Å²) in [6.07, 6.45) is 7.22. The number of fused-ring (bicyclic) bond motifs is 1. The highest BCUT2D eigenvalue weighted by Crippen LogP contribution is 2.11. The van der Waals surface area contributed by atoms with Crippen LogP contribution in [-0.4, -0.2) is 25.7 Å². The summed E-state index contributed by atoms with van der Waals surface area (Å²) in [7, 11) is 0. The van der Waals surface area contributed by atoms with E-state index in [-0.39, 0.29) is 0 Å². The molecule has 106 valence electrons. The zero-order valence-electron chi connectivity index (χ0n) is 11.7. The molecule has 22 heavy (non-hydrogen) atoms. The predicted molar refractivity (Wildman–Crippen MR) is 86.3 cm³/mol. The second-order valence-corrected chi connectivity index (χ2v) is 4.88. The van der Waals surface area contributed by atoms with Crippen molar-refractivity contribution in [3.63, 3.8) is 0 Å². The fourth-order valence-corrected chi connectivity index (χ4v) is 2.29. The number of nitrogens with zero attached hydrogens (tertiary/aromatic N) is 5. The van der Waals surface area contributed by atoms with Crippen LogP contribution in [0, 0.1) is 0 Å². The number of hydrogen-bond acceptors (Lipinski definition) is 3. The van der Waals surface area contributed by atoms with Crippen molar-refractivity contribution in [1.29, 1.82) is 0 Å². The first-order chi connectivity index (χ1) is 10.9. The van der Waals surface area contributed by atoms with Crippen molar-refractivity contribution < 1.29 is 0 Å². The monoisotopic (exact) mass is 287 g/mol. The zero-order chi connectivity index (χ0) is 14.8. The predicted octanol–water partition coefficient (Wildman–Crippen LogP) is 3.10. The molecule has 0 spiro atoms. The zero-order valence-corrected chi connectivity index (χ0v) is 11.7.